The number of thioether (sulfide) groups is 3. The van der Waals surface area contributed by atoms with E-state index in [1.807, 2.05) is 0 Å². The molecule has 0 bridgehead atoms. The molecule has 2 aliphatic heterocycles. The van der Waals surface area contributed by atoms with Crippen molar-refractivity contribution in [1.82, 2.24) is 0 Å². The van der Waals surface area contributed by atoms with Crippen LogP contribution in [0.1, 0.15) is 26.2 Å². The average Bonchev–Trinajstić information content (AvgIpc) is 2.23. The van der Waals surface area contributed by atoms with Gasteiger partial charge in [-0.15, -0.1) is 0 Å². The molecule has 0 saturated carbocycles. The zero-order valence-corrected chi connectivity index (χ0v) is 18.0. The Kier molecular flexibility index (Phi) is 8.64. The van der Waals surface area contributed by atoms with E-state index in [2.05, 4.69) is 75.3 Å². The van der Waals surface area contributed by atoms with Crippen LogP contribution in [0.15, 0.2) is 0 Å². The third kappa shape index (κ3) is 5.65. The molecule has 17 heavy (non-hydrogen) atoms. The molecule has 2 saturated heterocycles. The van der Waals surface area contributed by atoms with Gasteiger partial charge in [0.2, 0.25) is 0 Å². The summed E-state index contributed by atoms with van der Waals surface area (Å²) in [6.45, 7) is 2.35. The van der Waals surface area contributed by atoms with Gasteiger partial charge in [-0.1, -0.05) is 0 Å². The van der Waals surface area contributed by atoms with Gasteiger partial charge in [0, 0.05) is 0 Å². The molecule has 7 heteroatoms. The van der Waals surface area contributed by atoms with Crippen LogP contribution >= 0.6 is 62.1 Å². The fraction of sp³-hybridized carbons (Fsp3) is 1.00. The molecule has 1 radical (unpaired) electrons. The molecule has 3 unspecified atom stereocenters. The number of hydrogen-bond donors (Lipinski definition) is 0. The van der Waals surface area contributed by atoms with Gasteiger partial charge >= 0.3 is 135 Å². The van der Waals surface area contributed by atoms with Gasteiger partial charge in [0.25, 0.3) is 0 Å². The molecule has 0 aromatic rings. The van der Waals surface area contributed by atoms with Crippen molar-refractivity contribution in [3.8, 4) is 0 Å². The van der Waals surface area contributed by atoms with Crippen molar-refractivity contribution in [2.45, 2.75) is 39.9 Å². The van der Waals surface area contributed by atoms with E-state index in [0.717, 1.165) is 13.7 Å². The van der Waals surface area contributed by atoms with Gasteiger partial charge in [0.05, 0.1) is 0 Å². The Hall–Kier alpha value is 2.90. The fourth-order valence-corrected chi connectivity index (χ4v) is 52.7. The molecule has 2 aliphatic rings. The molecule has 0 amide bonds. The first-order valence-corrected chi connectivity index (χ1v) is 22.5. The topological polar surface area (TPSA) is 0 Å². The quantitative estimate of drug-likeness (QED) is 0.366. The van der Waals surface area contributed by atoms with Crippen LogP contribution in [0.5, 0.6) is 0 Å². The van der Waals surface area contributed by atoms with Gasteiger partial charge in [-0.05, 0) is 0 Å². The van der Waals surface area contributed by atoms with Crippen LogP contribution in [-0.4, -0.2) is 47.1 Å². The Bertz CT molecular complexity index is 201. The van der Waals surface area contributed by atoms with Gasteiger partial charge in [0.1, 0.15) is 0 Å². The second-order valence-corrected chi connectivity index (χ2v) is 31.7. The summed E-state index contributed by atoms with van der Waals surface area (Å²) in [5.74, 6) is 2.84. The van der Waals surface area contributed by atoms with Crippen LogP contribution < -0.4 is 0 Å². The SMILES string of the molecule is CCC(SC)[S][Sn]([S]C1CCS1)[S]C1CCS1. The van der Waals surface area contributed by atoms with Crippen molar-refractivity contribution in [3.63, 3.8) is 0 Å². The summed E-state index contributed by atoms with van der Waals surface area (Å²) in [5.41, 5.74) is 0. The Morgan fingerprint density at radius 3 is 2.00 bits per heavy atom. The van der Waals surface area contributed by atoms with Gasteiger partial charge in [-0.3, -0.25) is 0 Å². The van der Waals surface area contributed by atoms with Gasteiger partial charge in [0.15, 0.2) is 0 Å². The Labute approximate surface area is 134 Å². The van der Waals surface area contributed by atoms with Crippen molar-refractivity contribution in [1.29, 1.82) is 0 Å². The van der Waals surface area contributed by atoms with Crippen molar-refractivity contribution >= 4 is 77.7 Å². The van der Waals surface area contributed by atoms with Gasteiger partial charge < -0.3 is 0 Å². The minimum atomic E-state index is -1.29. The van der Waals surface area contributed by atoms with Crippen LogP contribution in [-0.2, 0) is 0 Å². The van der Waals surface area contributed by atoms with E-state index < -0.39 is 15.6 Å². The molecular formula is C10H19S6Sn. The monoisotopic (exact) mass is 451 g/mol. The van der Waals surface area contributed by atoms with E-state index in [4.69, 9.17) is 0 Å². The van der Waals surface area contributed by atoms with Crippen LogP contribution in [0.4, 0.5) is 0 Å². The first-order chi connectivity index (χ1) is 8.31. The van der Waals surface area contributed by atoms with Crippen molar-refractivity contribution in [3.05, 3.63) is 0 Å². The Morgan fingerprint density at radius 2 is 1.71 bits per heavy atom. The van der Waals surface area contributed by atoms with Crippen LogP contribution in [0, 0.1) is 0 Å². The number of rotatable bonds is 8. The van der Waals surface area contributed by atoms with Crippen LogP contribution in [0.3, 0.4) is 0 Å². The van der Waals surface area contributed by atoms with E-state index in [-0.39, 0.29) is 0 Å². The van der Waals surface area contributed by atoms with E-state index in [1.54, 1.807) is 0 Å². The maximum absolute atomic E-state index is 2.43. The standard InChI is InChI=1S/C4H10S2.2C3H6S2.Sn/c1-3-4(5)6-2;2*4-3-1-2-5-3;/h4-5H,3H2,1-2H3;2*3-4H,1-2H2;/q;;;+3/p-3. The predicted octanol–water partition coefficient (Wildman–Crippen LogP) is 5.20. The summed E-state index contributed by atoms with van der Waals surface area (Å²) in [6, 6.07) is 0. The summed E-state index contributed by atoms with van der Waals surface area (Å²) in [4.78, 5) is 0. The second-order valence-electron chi connectivity index (χ2n) is 3.86. The van der Waals surface area contributed by atoms with Gasteiger partial charge in [-0.2, -0.15) is 0 Å². The molecular weight excluding hydrogens is 431 g/mol. The second kappa shape index (κ2) is 9.03. The number of hydrogen-bond acceptors (Lipinski definition) is 6. The summed E-state index contributed by atoms with van der Waals surface area (Å²) in [7, 11) is 7.26. The first kappa shape index (κ1) is 16.3. The van der Waals surface area contributed by atoms with Crippen molar-refractivity contribution in [2.75, 3.05) is 17.8 Å². The molecule has 0 nitrogen and oxygen atoms in total. The summed E-state index contributed by atoms with van der Waals surface area (Å²) < 4.78 is 2.84. The molecule has 3 atom stereocenters. The summed E-state index contributed by atoms with van der Waals surface area (Å²) in [6.07, 6.45) is 6.59. The predicted molar refractivity (Wildman–Crippen MR) is 97.8 cm³/mol. The van der Waals surface area contributed by atoms with Gasteiger partial charge in [-0.25, -0.2) is 0 Å². The first-order valence-electron chi connectivity index (χ1n) is 5.94. The van der Waals surface area contributed by atoms with Crippen molar-refractivity contribution < 1.29 is 0 Å². The third-order valence-corrected chi connectivity index (χ3v) is 38.3. The molecule has 0 spiro atoms. The molecule has 2 rings (SSSR count). The van der Waals surface area contributed by atoms with E-state index >= 15 is 0 Å². The normalized spacial score (nSPS) is 29.8. The molecule has 0 N–H and O–H groups in total. The zero-order valence-electron chi connectivity index (χ0n) is 10.2. The Morgan fingerprint density at radius 1 is 1.18 bits per heavy atom. The molecule has 2 heterocycles. The third-order valence-electron chi connectivity index (χ3n) is 2.59. The van der Waals surface area contributed by atoms with Crippen LogP contribution in [0.2, 0.25) is 0 Å². The van der Waals surface area contributed by atoms with E-state index in [1.165, 1.54) is 30.8 Å². The van der Waals surface area contributed by atoms with Crippen LogP contribution in [0.25, 0.3) is 0 Å². The van der Waals surface area contributed by atoms with Crippen molar-refractivity contribution in [2.24, 2.45) is 0 Å². The minimum absolute atomic E-state index is 0.875. The van der Waals surface area contributed by atoms with E-state index in [0.29, 0.717) is 0 Å². The molecule has 0 aromatic carbocycles. The molecule has 99 valence electrons. The zero-order chi connectivity index (χ0) is 12.1. The summed E-state index contributed by atoms with van der Waals surface area (Å²) in [5, 5.41) is 0. The molecule has 2 fully saturated rings. The molecule has 0 aromatic heterocycles. The summed E-state index contributed by atoms with van der Waals surface area (Å²) >= 11 is 5.18. The fourth-order valence-electron chi connectivity index (χ4n) is 1.32. The molecule has 0 aliphatic carbocycles. The maximum atomic E-state index is 2.43. The van der Waals surface area contributed by atoms with E-state index in [9.17, 15) is 0 Å². The average molecular weight is 450 g/mol. The Balaban J connectivity index is 1.76.